The summed E-state index contributed by atoms with van der Waals surface area (Å²) in [6.07, 6.45) is 1.78. The van der Waals surface area contributed by atoms with E-state index in [4.69, 9.17) is 0 Å². The average molecular weight is 229 g/mol. The van der Waals surface area contributed by atoms with Gasteiger partial charge < -0.3 is 5.32 Å². The molecular weight excluding hydrogens is 210 g/mol. The Bertz CT molecular complexity index is 462. The Kier molecular flexibility index (Phi) is 3.59. The maximum atomic E-state index is 3.98. The Labute approximate surface area is 102 Å². The molecule has 0 aliphatic carbocycles. The van der Waals surface area contributed by atoms with E-state index in [2.05, 4.69) is 60.6 Å². The lowest BCUT2D eigenvalue weighted by Crippen LogP contribution is -2.23. The van der Waals surface area contributed by atoms with Crippen LogP contribution >= 0.6 is 0 Å². The second-order valence-electron chi connectivity index (χ2n) is 4.48. The molecule has 1 aromatic carbocycles. The zero-order valence-corrected chi connectivity index (χ0v) is 10.6. The van der Waals surface area contributed by atoms with Crippen LogP contribution in [-0.2, 0) is 0 Å². The van der Waals surface area contributed by atoms with Gasteiger partial charge in [-0.1, -0.05) is 24.3 Å². The summed E-state index contributed by atoms with van der Waals surface area (Å²) in [5, 5.41) is 10.5. The highest BCUT2D eigenvalue weighted by Gasteiger charge is 2.12. The van der Waals surface area contributed by atoms with Crippen molar-refractivity contribution >= 4 is 0 Å². The molecule has 3 heteroatoms. The van der Waals surface area contributed by atoms with Crippen LogP contribution in [0.25, 0.3) is 0 Å². The van der Waals surface area contributed by atoms with Crippen LogP contribution < -0.4 is 5.32 Å². The fraction of sp³-hybridized carbons (Fsp3) is 0.357. The Morgan fingerprint density at radius 2 is 1.88 bits per heavy atom. The van der Waals surface area contributed by atoms with E-state index in [-0.39, 0.29) is 6.04 Å². The molecule has 2 aromatic rings. The summed E-state index contributed by atoms with van der Waals surface area (Å²) in [4.78, 5) is 0. The van der Waals surface area contributed by atoms with Crippen LogP contribution in [0, 0.1) is 6.92 Å². The molecule has 17 heavy (non-hydrogen) atoms. The Hall–Kier alpha value is -1.61. The van der Waals surface area contributed by atoms with Gasteiger partial charge in [0, 0.05) is 18.3 Å². The second-order valence-corrected chi connectivity index (χ2v) is 4.48. The topological polar surface area (TPSA) is 40.7 Å². The monoisotopic (exact) mass is 229 g/mol. The number of nitrogens with zero attached hydrogens (tertiary/aromatic N) is 1. The van der Waals surface area contributed by atoms with Gasteiger partial charge in [-0.3, -0.25) is 5.10 Å². The molecule has 0 fully saturated rings. The van der Waals surface area contributed by atoms with Crippen LogP contribution in [0.2, 0.25) is 0 Å². The summed E-state index contributed by atoms with van der Waals surface area (Å²) in [6.45, 7) is 6.48. The molecule has 0 saturated heterocycles. The number of hydrogen-bond donors (Lipinski definition) is 2. The molecule has 0 amide bonds. The molecule has 0 aliphatic rings. The zero-order valence-electron chi connectivity index (χ0n) is 10.6. The first-order valence-corrected chi connectivity index (χ1v) is 5.99. The van der Waals surface area contributed by atoms with Crippen molar-refractivity contribution in [1.29, 1.82) is 0 Å². The van der Waals surface area contributed by atoms with Crippen LogP contribution in [0.5, 0.6) is 0 Å². The molecule has 0 aliphatic heterocycles. The lowest BCUT2D eigenvalue weighted by atomic mass is 10.0. The molecule has 0 bridgehead atoms. The number of aromatic nitrogens is 2. The van der Waals surface area contributed by atoms with E-state index in [1.54, 1.807) is 6.20 Å². The molecule has 2 atom stereocenters. The number of hydrogen-bond acceptors (Lipinski definition) is 2. The van der Waals surface area contributed by atoms with Gasteiger partial charge in [0.15, 0.2) is 0 Å². The molecule has 90 valence electrons. The molecule has 2 unspecified atom stereocenters. The van der Waals surface area contributed by atoms with Crippen LogP contribution in [-0.4, -0.2) is 10.2 Å². The molecular formula is C14H19N3. The van der Waals surface area contributed by atoms with Crippen molar-refractivity contribution in [2.24, 2.45) is 0 Å². The Morgan fingerprint density at radius 1 is 1.12 bits per heavy atom. The largest absolute Gasteiger partial charge is 0.302 e. The van der Waals surface area contributed by atoms with Crippen molar-refractivity contribution in [2.75, 3.05) is 0 Å². The van der Waals surface area contributed by atoms with Crippen LogP contribution in [0.4, 0.5) is 0 Å². The Morgan fingerprint density at radius 3 is 2.53 bits per heavy atom. The minimum atomic E-state index is 0.270. The van der Waals surface area contributed by atoms with Crippen molar-refractivity contribution in [3.63, 3.8) is 0 Å². The quantitative estimate of drug-likeness (QED) is 0.845. The Balaban J connectivity index is 2.07. The zero-order chi connectivity index (χ0) is 12.3. The minimum Gasteiger partial charge on any atom is -0.302 e. The van der Waals surface area contributed by atoms with Crippen LogP contribution in [0.15, 0.2) is 36.5 Å². The molecule has 2 rings (SSSR count). The summed E-state index contributed by atoms with van der Waals surface area (Å²) in [6, 6.07) is 11.1. The van der Waals surface area contributed by atoms with Gasteiger partial charge in [0.05, 0.1) is 5.69 Å². The molecule has 1 heterocycles. The molecule has 3 nitrogen and oxygen atoms in total. The highest BCUT2D eigenvalue weighted by Crippen LogP contribution is 2.20. The lowest BCUT2D eigenvalue weighted by Gasteiger charge is -2.20. The third kappa shape index (κ3) is 2.74. The fourth-order valence-corrected chi connectivity index (χ4v) is 2.13. The van der Waals surface area contributed by atoms with Gasteiger partial charge in [0.25, 0.3) is 0 Å². The van der Waals surface area contributed by atoms with Crippen molar-refractivity contribution < 1.29 is 0 Å². The lowest BCUT2D eigenvalue weighted by molar-refractivity contribution is 0.484. The number of H-pyrrole nitrogens is 1. The van der Waals surface area contributed by atoms with Crippen LogP contribution in [0.3, 0.4) is 0 Å². The molecule has 1 aromatic heterocycles. The van der Waals surface area contributed by atoms with E-state index in [1.165, 1.54) is 11.1 Å². The first kappa shape index (κ1) is 11.9. The van der Waals surface area contributed by atoms with E-state index in [0.29, 0.717) is 6.04 Å². The van der Waals surface area contributed by atoms with Gasteiger partial charge in [0.1, 0.15) is 0 Å². The summed E-state index contributed by atoms with van der Waals surface area (Å²) in [7, 11) is 0. The summed E-state index contributed by atoms with van der Waals surface area (Å²) in [5.41, 5.74) is 3.79. The number of aryl methyl sites for hydroxylation is 1. The van der Waals surface area contributed by atoms with Gasteiger partial charge in [0.2, 0.25) is 0 Å². The number of aromatic amines is 1. The molecule has 2 N–H and O–H groups in total. The smallest absolute Gasteiger partial charge is 0.0518 e. The van der Waals surface area contributed by atoms with E-state index in [1.807, 2.05) is 6.07 Å². The fourth-order valence-electron chi connectivity index (χ4n) is 2.13. The van der Waals surface area contributed by atoms with Crippen molar-refractivity contribution in [2.45, 2.75) is 32.9 Å². The third-order valence-electron chi connectivity index (χ3n) is 3.14. The van der Waals surface area contributed by atoms with Gasteiger partial charge in [-0.05, 0) is 38.0 Å². The first-order valence-electron chi connectivity index (χ1n) is 5.99. The summed E-state index contributed by atoms with van der Waals surface area (Å²) in [5.74, 6) is 0. The van der Waals surface area contributed by atoms with E-state index in [9.17, 15) is 0 Å². The molecule has 0 saturated carbocycles. The average Bonchev–Trinajstić information content (AvgIpc) is 2.82. The highest BCUT2D eigenvalue weighted by atomic mass is 15.1. The molecule has 0 radical (unpaired) electrons. The van der Waals surface area contributed by atoms with Crippen molar-refractivity contribution in [3.05, 3.63) is 53.3 Å². The maximum absolute atomic E-state index is 3.98. The van der Waals surface area contributed by atoms with Gasteiger partial charge >= 0.3 is 0 Å². The SMILES string of the molecule is Cc1ccccc1C(C)NC(C)c1ccn[nH]1. The standard InChI is InChI=1S/C14H19N3/c1-10-6-4-5-7-13(10)11(2)16-12(3)14-8-9-15-17-14/h4-9,11-12,16H,1-3H3,(H,15,17). The van der Waals surface area contributed by atoms with Gasteiger partial charge in [-0.25, -0.2) is 0 Å². The van der Waals surface area contributed by atoms with Crippen LogP contribution in [0.1, 0.15) is 42.8 Å². The van der Waals surface area contributed by atoms with Crippen molar-refractivity contribution in [1.82, 2.24) is 15.5 Å². The number of rotatable bonds is 4. The third-order valence-corrected chi connectivity index (χ3v) is 3.14. The van der Waals surface area contributed by atoms with Gasteiger partial charge in [-0.15, -0.1) is 0 Å². The predicted octanol–water partition coefficient (Wildman–Crippen LogP) is 3.13. The molecule has 0 spiro atoms. The summed E-state index contributed by atoms with van der Waals surface area (Å²) >= 11 is 0. The van der Waals surface area contributed by atoms with E-state index < -0.39 is 0 Å². The van der Waals surface area contributed by atoms with Gasteiger partial charge in [-0.2, -0.15) is 5.10 Å². The normalized spacial score (nSPS) is 14.5. The maximum Gasteiger partial charge on any atom is 0.0518 e. The minimum absolute atomic E-state index is 0.270. The number of benzene rings is 1. The second kappa shape index (κ2) is 5.15. The van der Waals surface area contributed by atoms with E-state index in [0.717, 1.165) is 5.69 Å². The van der Waals surface area contributed by atoms with E-state index >= 15 is 0 Å². The predicted molar refractivity (Wildman–Crippen MR) is 69.7 cm³/mol. The summed E-state index contributed by atoms with van der Waals surface area (Å²) < 4.78 is 0. The number of nitrogens with one attached hydrogen (secondary N) is 2. The highest BCUT2D eigenvalue weighted by molar-refractivity contribution is 5.28. The first-order chi connectivity index (χ1) is 8.18. The van der Waals surface area contributed by atoms with Crippen molar-refractivity contribution in [3.8, 4) is 0 Å².